The number of aryl methyl sites for hydroxylation is 1. The first kappa shape index (κ1) is 35.2. The number of hydrogen-bond donors (Lipinski definition) is 2. The molecule has 0 atom stereocenters. The van der Waals surface area contributed by atoms with Crippen LogP contribution in [0.1, 0.15) is 44.3 Å². The average molecular weight is 732 g/mol. The summed E-state index contributed by atoms with van der Waals surface area (Å²) in [6.45, 7) is 1.88. The van der Waals surface area contributed by atoms with Crippen LogP contribution in [0.3, 0.4) is 0 Å². The van der Waals surface area contributed by atoms with E-state index in [2.05, 4.69) is 33.6 Å². The number of benzene rings is 5. The fourth-order valence-corrected chi connectivity index (χ4v) is 8.41. The fourth-order valence-electron chi connectivity index (χ4n) is 6.38. The number of carboxylic acids is 1. The van der Waals surface area contributed by atoms with Gasteiger partial charge in [-0.3, -0.25) is 0 Å². The van der Waals surface area contributed by atoms with Crippen molar-refractivity contribution in [2.45, 2.75) is 30.7 Å². The van der Waals surface area contributed by atoms with Gasteiger partial charge in [-0.05, 0) is 65.6 Å². The van der Waals surface area contributed by atoms with Gasteiger partial charge in [-0.2, -0.15) is 0 Å². The summed E-state index contributed by atoms with van der Waals surface area (Å²) in [6.07, 6.45) is 0.649. The van der Waals surface area contributed by atoms with Crippen molar-refractivity contribution in [3.05, 3.63) is 165 Å². The fraction of sp³-hybridized carbons (Fsp3) is 0.154. The minimum Gasteiger partial charge on any atom is -0.493 e. The summed E-state index contributed by atoms with van der Waals surface area (Å²) < 4.78 is 52.5. The minimum atomic E-state index is -3.96. The number of rotatable bonds is 13. The lowest BCUT2D eigenvalue weighted by Crippen LogP contribution is -2.28. The molecule has 1 aromatic heterocycles. The van der Waals surface area contributed by atoms with E-state index in [1.54, 1.807) is 25.1 Å². The van der Waals surface area contributed by atoms with Gasteiger partial charge in [0.15, 0.2) is 0 Å². The van der Waals surface area contributed by atoms with E-state index in [4.69, 9.17) is 27.9 Å². The third-order valence-electron chi connectivity index (χ3n) is 8.55. The normalized spacial score (nSPS) is 11.7. The van der Waals surface area contributed by atoms with Crippen molar-refractivity contribution >= 4 is 50.1 Å². The zero-order valence-electron chi connectivity index (χ0n) is 26.9. The number of nitrogens with one attached hydrogen (secondary N) is 1. The molecule has 6 aromatic rings. The summed E-state index contributed by atoms with van der Waals surface area (Å²) in [4.78, 5) is 11.3. The predicted molar refractivity (Wildman–Crippen MR) is 195 cm³/mol. The Labute approximate surface area is 299 Å². The highest BCUT2D eigenvalue weighted by molar-refractivity contribution is 7.89. The molecule has 7 nitrogen and oxygen atoms in total. The molecule has 0 amide bonds. The SMILES string of the molecule is Cc1cccc(Cl)c1S(=O)(=O)NCCc1c(CCOc2ccc(C(=O)O)c(F)c2)c2cc(Cl)ccc2n1C(c1ccccc1)c1ccccc1. The molecular formula is C39H33Cl2FN2O5S. The second kappa shape index (κ2) is 15.1. The molecule has 256 valence electrons. The van der Waals surface area contributed by atoms with Gasteiger partial charge < -0.3 is 14.4 Å². The minimum absolute atomic E-state index is 0.0372. The van der Waals surface area contributed by atoms with Crippen LogP contribution in [0.15, 0.2) is 120 Å². The summed E-state index contributed by atoms with van der Waals surface area (Å²) in [5, 5.41) is 10.7. The lowest BCUT2D eigenvalue weighted by molar-refractivity contribution is 0.0691. The first-order valence-corrected chi connectivity index (χ1v) is 18.1. The Bertz CT molecular complexity index is 2220. The topological polar surface area (TPSA) is 97.6 Å². The van der Waals surface area contributed by atoms with Crippen LogP contribution in [0.4, 0.5) is 4.39 Å². The van der Waals surface area contributed by atoms with E-state index in [9.17, 15) is 22.7 Å². The van der Waals surface area contributed by atoms with Gasteiger partial charge in [-0.25, -0.2) is 22.3 Å². The Balaban J connectivity index is 1.45. The van der Waals surface area contributed by atoms with Crippen LogP contribution in [-0.4, -0.2) is 37.2 Å². The van der Waals surface area contributed by atoms with Crippen molar-refractivity contribution in [3.63, 3.8) is 0 Å². The molecule has 50 heavy (non-hydrogen) atoms. The number of fused-ring (bicyclic) bond motifs is 1. The smallest absolute Gasteiger partial charge is 0.338 e. The van der Waals surface area contributed by atoms with Crippen molar-refractivity contribution in [3.8, 4) is 5.75 Å². The van der Waals surface area contributed by atoms with Gasteiger partial charge >= 0.3 is 5.97 Å². The highest BCUT2D eigenvalue weighted by Gasteiger charge is 2.27. The maximum atomic E-state index is 14.4. The highest BCUT2D eigenvalue weighted by atomic mass is 35.5. The van der Waals surface area contributed by atoms with Crippen LogP contribution in [0, 0.1) is 12.7 Å². The number of carbonyl (C=O) groups is 1. The summed E-state index contributed by atoms with van der Waals surface area (Å²) in [6, 6.07) is 34.1. The molecule has 0 aliphatic rings. The second-order valence-corrected chi connectivity index (χ2v) is 14.3. The third-order valence-corrected chi connectivity index (χ3v) is 10.9. The van der Waals surface area contributed by atoms with E-state index in [1.807, 2.05) is 54.6 Å². The monoisotopic (exact) mass is 730 g/mol. The van der Waals surface area contributed by atoms with Gasteiger partial charge in [-0.1, -0.05) is 96.0 Å². The zero-order valence-corrected chi connectivity index (χ0v) is 29.3. The number of aromatic carboxylic acids is 1. The van der Waals surface area contributed by atoms with E-state index in [0.29, 0.717) is 23.4 Å². The Morgan fingerprint density at radius 1 is 0.880 bits per heavy atom. The van der Waals surface area contributed by atoms with Crippen molar-refractivity contribution in [1.29, 1.82) is 0 Å². The van der Waals surface area contributed by atoms with Crippen LogP contribution < -0.4 is 9.46 Å². The maximum absolute atomic E-state index is 14.4. The van der Waals surface area contributed by atoms with Crippen LogP contribution in [0.2, 0.25) is 10.0 Å². The van der Waals surface area contributed by atoms with Gasteiger partial charge in [0, 0.05) is 47.1 Å². The summed E-state index contributed by atoms with van der Waals surface area (Å²) in [5.74, 6) is -2.08. The largest absolute Gasteiger partial charge is 0.493 e. The van der Waals surface area contributed by atoms with Gasteiger partial charge in [0.2, 0.25) is 10.0 Å². The highest BCUT2D eigenvalue weighted by Crippen LogP contribution is 2.38. The zero-order chi connectivity index (χ0) is 35.4. The standard InChI is InChI=1S/C39H33Cl2FN2O5S/c1-25-9-8-14-33(41)38(25)50(47,48)43-21-19-36-30(20-22-49-29-16-17-31(39(45)46)34(42)24-29)32-23-28(40)15-18-35(32)44(36)37(26-10-4-2-5-11-26)27-12-6-3-7-13-27/h2-18,23-24,37,43H,19-22H2,1H3,(H,45,46). The first-order chi connectivity index (χ1) is 24.0. The Hall–Kier alpha value is -4.67. The van der Waals surface area contributed by atoms with Crippen molar-refractivity contribution < 1.29 is 27.4 Å². The van der Waals surface area contributed by atoms with Gasteiger partial charge in [-0.15, -0.1) is 0 Å². The van der Waals surface area contributed by atoms with E-state index < -0.39 is 27.4 Å². The lowest BCUT2D eigenvalue weighted by Gasteiger charge is -2.25. The van der Waals surface area contributed by atoms with Crippen molar-refractivity contribution in [1.82, 2.24) is 9.29 Å². The second-order valence-electron chi connectivity index (χ2n) is 11.8. The van der Waals surface area contributed by atoms with Crippen molar-refractivity contribution in [2.24, 2.45) is 0 Å². The van der Waals surface area contributed by atoms with E-state index in [-0.39, 0.29) is 34.9 Å². The van der Waals surface area contributed by atoms with Crippen LogP contribution in [0.5, 0.6) is 5.75 Å². The molecule has 0 radical (unpaired) electrons. The van der Waals surface area contributed by atoms with E-state index in [1.165, 1.54) is 12.1 Å². The number of halogens is 3. The summed E-state index contributed by atoms with van der Waals surface area (Å²) in [5.41, 5.74) is 4.77. The summed E-state index contributed by atoms with van der Waals surface area (Å²) >= 11 is 12.9. The third kappa shape index (κ3) is 7.41. The lowest BCUT2D eigenvalue weighted by atomic mass is 9.97. The molecule has 5 aromatic carbocycles. The molecular weight excluding hydrogens is 698 g/mol. The molecule has 0 aliphatic carbocycles. The van der Waals surface area contributed by atoms with Gasteiger partial charge in [0.05, 0.1) is 23.2 Å². The number of sulfonamides is 1. The van der Waals surface area contributed by atoms with Crippen LogP contribution in [-0.2, 0) is 22.9 Å². The molecule has 6 rings (SSSR count). The number of ether oxygens (including phenoxy) is 1. The molecule has 0 bridgehead atoms. The van der Waals surface area contributed by atoms with Crippen LogP contribution >= 0.6 is 23.2 Å². The van der Waals surface area contributed by atoms with Crippen LogP contribution in [0.25, 0.3) is 10.9 Å². The van der Waals surface area contributed by atoms with Gasteiger partial charge in [0.25, 0.3) is 0 Å². The number of hydrogen-bond acceptors (Lipinski definition) is 4. The van der Waals surface area contributed by atoms with E-state index in [0.717, 1.165) is 39.4 Å². The number of carboxylic acid groups (broad SMARTS) is 1. The summed E-state index contributed by atoms with van der Waals surface area (Å²) in [7, 11) is -3.96. The Kier molecular flexibility index (Phi) is 10.6. The quantitative estimate of drug-likeness (QED) is 0.124. The molecule has 0 fully saturated rings. The number of nitrogens with zero attached hydrogens (tertiary/aromatic N) is 1. The molecule has 0 saturated heterocycles. The average Bonchev–Trinajstić information content (AvgIpc) is 3.37. The molecule has 2 N–H and O–H groups in total. The Morgan fingerprint density at radius 3 is 2.18 bits per heavy atom. The molecule has 0 saturated carbocycles. The molecule has 11 heteroatoms. The first-order valence-electron chi connectivity index (χ1n) is 15.9. The van der Waals surface area contributed by atoms with Crippen molar-refractivity contribution in [2.75, 3.05) is 13.2 Å². The Morgan fingerprint density at radius 2 is 1.56 bits per heavy atom. The molecule has 0 unspecified atom stereocenters. The molecule has 0 aliphatic heterocycles. The predicted octanol–water partition coefficient (Wildman–Crippen LogP) is 8.87. The van der Waals surface area contributed by atoms with Gasteiger partial charge in [0.1, 0.15) is 16.5 Å². The number of aromatic nitrogens is 1. The molecule has 0 spiro atoms. The maximum Gasteiger partial charge on any atom is 0.338 e. The molecule has 1 heterocycles. The van der Waals surface area contributed by atoms with E-state index >= 15 is 0 Å².